The number of rotatable bonds is 2. The van der Waals surface area contributed by atoms with Crippen LogP contribution in [-0.2, 0) is 0 Å². The van der Waals surface area contributed by atoms with Gasteiger partial charge in [-0.1, -0.05) is 29.8 Å². The molecule has 1 nitrogen and oxygen atoms in total. The molecule has 3 heteroatoms. The van der Waals surface area contributed by atoms with E-state index in [2.05, 4.69) is 72.0 Å². The fourth-order valence-corrected chi connectivity index (χ4v) is 4.29. The summed E-state index contributed by atoms with van der Waals surface area (Å²) in [4.78, 5) is 0. The van der Waals surface area contributed by atoms with E-state index >= 15 is 0 Å². The third-order valence-electron chi connectivity index (χ3n) is 3.02. The molecule has 1 aliphatic rings. The molecule has 1 aromatic carbocycles. The van der Waals surface area contributed by atoms with Crippen LogP contribution in [0.4, 0.5) is 5.69 Å². The van der Waals surface area contributed by atoms with Gasteiger partial charge in [-0.05, 0) is 48.3 Å². The smallest absolute Gasteiger partial charge is 0.0357 e. The third-order valence-corrected chi connectivity index (χ3v) is 5.11. The molecule has 1 atom stereocenters. The summed E-state index contributed by atoms with van der Waals surface area (Å²) >= 11 is 5.62. The molecule has 0 radical (unpaired) electrons. The predicted octanol–water partition coefficient (Wildman–Crippen LogP) is 4.70. The van der Waals surface area contributed by atoms with Crippen molar-refractivity contribution in [2.75, 3.05) is 16.8 Å². The molecule has 1 unspecified atom stereocenters. The number of halogens is 1. The van der Waals surface area contributed by atoms with E-state index in [0.29, 0.717) is 11.5 Å². The standard InChI is InChI=1S/C14H20BrNS/c1-10-4-11(15)6-12(5-10)16-13-7-14(2,3)9-17-8-13/h4-6,13,16H,7-9H2,1-3H3. The maximum absolute atomic E-state index is 3.67. The second-order valence-electron chi connectivity index (χ2n) is 5.74. The average Bonchev–Trinajstić information content (AvgIpc) is 2.13. The summed E-state index contributed by atoms with van der Waals surface area (Å²) in [6.07, 6.45) is 1.26. The Bertz CT molecular complexity index is 383. The molecule has 0 saturated carbocycles. The first-order chi connectivity index (χ1) is 7.94. The van der Waals surface area contributed by atoms with Crippen LogP contribution in [0.5, 0.6) is 0 Å². The van der Waals surface area contributed by atoms with Gasteiger partial charge in [0.25, 0.3) is 0 Å². The highest BCUT2D eigenvalue weighted by atomic mass is 79.9. The van der Waals surface area contributed by atoms with Crippen LogP contribution < -0.4 is 5.32 Å². The number of aryl methyl sites for hydroxylation is 1. The van der Waals surface area contributed by atoms with Crippen LogP contribution in [0.3, 0.4) is 0 Å². The van der Waals surface area contributed by atoms with Crippen molar-refractivity contribution in [2.45, 2.75) is 33.2 Å². The minimum Gasteiger partial charge on any atom is -0.381 e. The zero-order valence-electron chi connectivity index (χ0n) is 10.7. The van der Waals surface area contributed by atoms with Gasteiger partial charge >= 0.3 is 0 Å². The van der Waals surface area contributed by atoms with Gasteiger partial charge in [-0.2, -0.15) is 11.8 Å². The lowest BCUT2D eigenvalue weighted by molar-refractivity contribution is 0.358. The minimum absolute atomic E-state index is 0.460. The summed E-state index contributed by atoms with van der Waals surface area (Å²) in [5.74, 6) is 2.50. The van der Waals surface area contributed by atoms with Gasteiger partial charge in [-0.15, -0.1) is 0 Å². The van der Waals surface area contributed by atoms with E-state index in [1.54, 1.807) is 0 Å². The van der Waals surface area contributed by atoms with E-state index in [4.69, 9.17) is 0 Å². The summed E-state index contributed by atoms with van der Waals surface area (Å²) in [7, 11) is 0. The molecule has 0 aromatic heterocycles. The number of thioether (sulfide) groups is 1. The van der Waals surface area contributed by atoms with E-state index in [1.807, 2.05) is 0 Å². The van der Waals surface area contributed by atoms with Gasteiger partial charge in [0.2, 0.25) is 0 Å². The van der Waals surface area contributed by atoms with Gasteiger partial charge in [0, 0.05) is 22.0 Å². The molecule has 1 aromatic rings. The molecule has 1 aliphatic heterocycles. The lowest BCUT2D eigenvalue weighted by Crippen LogP contribution is -2.35. The zero-order chi connectivity index (χ0) is 12.5. The van der Waals surface area contributed by atoms with Crippen molar-refractivity contribution in [1.29, 1.82) is 0 Å². The molecule has 0 aliphatic carbocycles. The van der Waals surface area contributed by atoms with Crippen LogP contribution in [0.2, 0.25) is 0 Å². The Hall–Kier alpha value is -0.150. The number of benzene rings is 1. The quantitative estimate of drug-likeness (QED) is 0.849. The Morgan fingerprint density at radius 3 is 2.76 bits per heavy atom. The summed E-state index contributed by atoms with van der Waals surface area (Å²) in [6, 6.07) is 7.12. The lowest BCUT2D eigenvalue weighted by atomic mass is 9.88. The van der Waals surface area contributed by atoms with E-state index < -0.39 is 0 Å². The predicted molar refractivity (Wildman–Crippen MR) is 82.0 cm³/mol. The number of anilines is 1. The minimum atomic E-state index is 0.460. The van der Waals surface area contributed by atoms with Crippen molar-refractivity contribution in [1.82, 2.24) is 0 Å². The van der Waals surface area contributed by atoms with Gasteiger partial charge in [0.05, 0.1) is 0 Å². The number of hydrogen-bond acceptors (Lipinski definition) is 2. The van der Waals surface area contributed by atoms with E-state index in [1.165, 1.54) is 29.2 Å². The molecule has 1 fully saturated rings. The Labute approximate surface area is 117 Å². The van der Waals surface area contributed by atoms with Crippen molar-refractivity contribution in [3.8, 4) is 0 Å². The lowest BCUT2D eigenvalue weighted by Gasteiger charge is -2.35. The molecule has 2 rings (SSSR count). The average molecular weight is 314 g/mol. The molecule has 1 N–H and O–H groups in total. The molecule has 17 heavy (non-hydrogen) atoms. The summed E-state index contributed by atoms with van der Waals surface area (Å²) in [5.41, 5.74) is 2.99. The van der Waals surface area contributed by atoms with Gasteiger partial charge in [0.1, 0.15) is 0 Å². The highest BCUT2D eigenvalue weighted by Gasteiger charge is 2.28. The Kier molecular flexibility index (Phi) is 4.09. The first-order valence-corrected chi connectivity index (χ1v) is 8.01. The molecule has 0 amide bonds. The van der Waals surface area contributed by atoms with Crippen LogP contribution in [0.15, 0.2) is 22.7 Å². The summed E-state index contributed by atoms with van der Waals surface area (Å²) < 4.78 is 1.16. The summed E-state index contributed by atoms with van der Waals surface area (Å²) in [5, 5.41) is 3.67. The van der Waals surface area contributed by atoms with Crippen molar-refractivity contribution in [2.24, 2.45) is 5.41 Å². The van der Waals surface area contributed by atoms with Gasteiger partial charge in [-0.25, -0.2) is 0 Å². The van der Waals surface area contributed by atoms with Crippen LogP contribution in [0.1, 0.15) is 25.8 Å². The monoisotopic (exact) mass is 313 g/mol. The highest BCUT2D eigenvalue weighted by molar-refractivity contribution is 9.10. The molecule has 0 bridgehead atoms. The third kappa shape index (κ3) is 3.92. The molecular weight excluding hydrogens is 294 g/mol. The first kappa shape index (κ1) is 13.3. The molecular formula is C14H20BrNS. The van der Waals surface area contributed by atoms with E-state index in [0.717, 1.165) is 4.47 Å². The van der Waals surface area contributed by atoms with Crippen molar-refractivity contribution < 1.29 is 0 Å². The van der Waals surface area contributed by atoms with Crippen molar-refractivity contribution >= 4 is 33.4 Å². The normalized spacial score (nSPS) is 23.4. The Morgan fingerprint density at radius 2 is 2.12 bits per heavy atom. The number of nitrogens with one attached hydrogen (secondary N) is 1. The van der Waals surface area contributed by atoms with Crippen LogP contribution in [0, 0.1) is 12.3 Å². The van der Waals surface area contributed by atoms with Crippen molar-refractivity contribution in [3.63, 3.8) is 0 Å². The van der Waals surface area contributed by atoms with Gasteiger partial charge in [0.15, 0.2) is 0 Å². The van der Waals surface area contributed by atoms with Gasteiger partial charge in [-0.3, -0.25) is 0 Å². The number of hydrogen-bond donors (Lipinski definition) is 1. The molecule has 0 spiro atoms. The largest absolute Gasteiger partial charge is 0.381 e. The maximum atomic E-state index is 3.67. The fourth-order valence-electron chi connectivity index (χ4n) is 2.41. The van der Waals surface area contributed by atoms with E-state index in [9.17, 15) is 0 Å². The molecule has 1 saturated heterocycles. The SMILES string of the molecule is Cc1cc(Br)cc(NC2CSCC(C)(C)C2)c1. The van der Waals surface area contributed by atoms with Crippen LogP contribution >= 0.6 is 27.7 Å². The fraction of sp³-hybridized carbons (Fsp3) is 0.571. The zero-order valence-corrected chi connectivity index (χ0v) is 13.1. The second kappa shape index (κ2) is 5.23. The maximum Gasteiger partial charge on any atom is 0.0357 e. The molecule has 1 heterocycles. The van der Waals surface area contributed by atoms with E-state index in [-0.39, 0.29) is 0 Å². The topological polar surface area (TPSA) is 12.0 Å². The van der Waals surface area contributed by atoms with Crippen LogP contribution in [0.25, 0.3) is 0 Å². The Balaban J connectivity index is 2.05. The highest BCUT2D eigenvalue weighted by Crippen LogP contribution is 2.35. The van der Waals surface area contributed by atoms with Gasteiger partial charge < -0.3 is 5.32 Å². The van der Waals surface area contributed by atoms with Crippen LogP contribution in [-0.4, -0.2) is 17.5 Å². The molecule has 94 valence electrons. The first-order valence-electron chi connectivity index (χ1n) is 6.06. The van der Waals surface area contributed by atoms with Crippen molar-refractivity contribution in [3.05, 3.63) is 28.2 Å². The second-order valence-corrected chi connectivity index (χ2v) is 7.69. The summed E-state index contributed by atoms with van der Waals surface area (Å²) in [6.45, 7) is 6.86. The Morgan fingerprint density at radius 1 is 1.35 bits per heavy atom.